The number of carbonyl (C=O) groups excluding carboxylic acids is 1. The van der Waals surface area contributed by atoms with E-state index in [-0.39, 0.29) is 30.0 Å². The van der Waals surface area contributed by atoms with Crippen LogP contribution < -0.4 is 0 Å². The normalized spacial score (nSPS) is 46.4. The topological polar surface area (TPSA) is 118 Å². The van der Waals surface area contributed by atoms with Crippen LogP contribution in [0.1, 0.15) is 82.1 Å². The zero-order valence-electron chi connectivity index (χ0n) is 25.3. The minimum Gasteiger partial charge on any atom is -0.459 e. The number of hydrogen-bond donors (Lipinski definition) is 3. The molecule has 1 fully saturated rings. The number of rotatable bonds is 3. The molecule has 2 rings (SSSR count). The number of cyclic esters (lactones) is 1. The zero-order valence-corrected chi connectivity index (χ0v) is 25.3. The highest BCUT2D eigenvalue weighted by atomic mass is 16.7. The Morgan fingerprint density at radius 2 is 1.63 bits per heavy atom. The quantitative estimate of drug-likeness (QED) is 0.364. The molecule has 2 aliphatic rings. The molecule has 2 heterocycles. The summed E-state index contributed by atoms with van der Waals surface area (Å²) in [6.45, 7) is 19.4. The Bertz CT molecular complexity index is 854. The molecule has 220 valence electrons. The van der Waals surface area contributed by atoms with E-state index in [1.807, 2.05) is 40.7 Å². The molecule has 0 aromatic rings. The molecule has 0 amide bonds. The van der Waals surface area contributed by atoms with Gasteiger partial charge in [0, 0.05) is 18.7 Å². The maximum absolute atomic E-state index is 13.4. The Kier molecular flexibility index (Phi) is 11.2. The highest BCUT2D eigenvalue weighted by Gasteiger charge is 2.48. The molecule has 0 bridgehead atoms. The summed E-state index contributed by atoms with van der Waals surface area (Å²) in [6.07, 6.45) is 0.183. The number of nitrogens with zero attached hydrogens (tertiary/aromatic N) is 1. The second-order valence-electron chi connectivity index (χ2n) is 12.7. The number of aliphatic imine (C=N–C) groups is 1. The molecule has 0 aromatic heterocycles. The summed E-state index contributed by atoms with van der Waals surface area (Å²) in [4.78, 5) is 17.9. The molecule has 0 saturated carbocycles. The van der Waals surface area contributed by atoms with Crippen molar-refractivity contribution in [2.75, 3.05) is 7.05 Å². The van der Waals surface area contributed by atoms with Crippen LogP contribution in [0.15, 0.2) is 17.1 Å². The third-order valence-corrected chi connectivity index (χ3v) is 9.14. The fraction of sp³-hybridized carbons (Fsp3) is 0.867. The van der Waals surface area contributed by atoms with Gasteiger partial charge in [0.25, 0.3) is 0 Å². The van der Waals surface area contributed by atoms with Crippen LogP contribution in [0.25, 0.3) is 0 Å². The molecular formula is C30H53NO7. The average molecular weight is 540 g/mol. The molecule has 1 saturated heterocycles. The lowest BCUT2D eigenvalue weighted by atomic mass is 9.67. The van der Waals surface area contributed by atoms with E-state index in [0.717, 1.165) is 5.71 Å². The van der Waals surface area contributed by atoms with Gasteiger partial charge in [0.15, 0.2) is 6.29 Å². The number of esters is 1. The third-order valence-electron chi connectivity index (χ3n) is 9.14. The van der Waals surface area contributed by atoms with Crippen LogP contribution in [-0.4, -0.2) is 76.5 Å². The predicted molar refractivity (Wildman–Crippen MR) is 149 cm³/mol. The van der Waals surface area contributed by atoms with E-state index in [4.69, 9.17) is 14.2 Å². The monoisotopic (exact) mass is 539 g/mol. The summed E-state index contributed by atoms with van der Waals surface area (Å²) < 4.78 is 18.4. The molecule has 0 radical (unpaired) electrons. The van der Waals surface area contributed by atoms with Gasteiger partial charge in [-0.2, -0.15) is 0 Å². The van der Waals surface area contributed by atoms with Crippen LogP contribution in [0, 0.1) is 35.0 Å². The van der Waals surface area contributed by atoms with Crippen molar-refractivity contribution in [1.29, 1.82) is 0 Å². The van der Waals surface area contributed by atoms with Crippen LogP contribution in [0.3, 0.4) is 0 Å². The van der Waals surface area contributed by atoms with Gasteiger partial charge < -0.3 is 29.5 Å². The van der Waals surface area contributed by atoms with Gasteiger partial charge in [0.05, 0.1) is 24.2 Å². The number of hydrogen-bond acceptors (Lipinski definition) is 8. The van der Waals surface area contributed by atoms with Crippen molar-refractivity contribution in [3.63, 3.8) is 0 Å². The Morgan fingerprint density at radius 1 is 1.03 bits per heavy atom. The minimum absolute atomic E-state index is 0.0388. The van der Waals surface area contributed by atoms with Gasteiger partial charge in [-0.15, -0.1) is 0 Å². The second kappa shape index (κ2) is 12.9. The maximum atomic E-state index is 13.4. The smallest absolute Gasteiger partial charge is 0.309 e. The lowest BCUT2D eigenvalue weighted by Gasteiger charge is -2.46. The first-order valence-corrected chi connectivity index (χ1v) is 14.2. The zero-order chi connectivity index (χ0) is 29.2. The van der Waals surface area contributed by atoms with Crippen molar-refractivity contribution < 1.29 is 34.3 Å². The van der Waals surface area contributed by atoms with Crippen molar-refractivity contribution in [3.05, 3.63) is 12.2 Å². The fourth-order valence-corrected chi connectivity index (χ4v) is 6.53. The molecule has 12 atom stereocenters. The minimum atomic E-state index is -1.65. The van der Waals surface area contributed by atoms with Gasteiger partial charge in [0.2, 0.25) is 0 Å². The van der Waals surface area contributed by atoms with Crippen molar-refractivity contribution >= 4 is 11.7 Å². The predicted octanol–water partition coefficient (Wildman–Crippen LogP) is 4.15. The van der Waals surface area contributed by atoms with Crippen LogP contribution >= 0.6 is 0 Å². The summed E-state index contributed by atoms with van der Waals surface area (Å²) >= 11 is 0. The summed E-state index contributed by atoms with van der Waals surface area (Å²) in [6, 6.07) is 0. The van der Waals surface area contributed by atoms with Crippen LogP contribution in [-0.2, 0) is 19.0 Å². The third kappa shape index (κ3) is 7.05. The Hall–Kier alpha value is -1.32. The SMILES string of the molecule is CC[C@H]1OC(=O)[C@H](C)[C@@H](C)[C@H](C)[C@@H](OC2O[C@H](C)C=C[C@H]2O)C(C)(C)C[C@@H](C)/C(=N\C)[C@H](C)[C@@H](O)[C@]1(C)O. The van der Waals surface area contributed by atoms with Gasteiger partial charge in [0.1, 0.15) is 17.8 Å². The Labute approximate surface area is 229 Å². The van der Waals surface area contributed by atoms with E-state index < -0.39 is 53.4 Å². The molecule has 0 aliphatic carbocycles. The first-order valence-electron chi connectivity index (χ1n) is 14.2. The molecule has 0 spiro atoms. The molecule has 1 unspecified atom stereocenters. The maximum Gasteiger partial charge on any atom is 0.309 e. The van der Waals surface area contributed by atoms with Crippen LogP contribution in [0.5, 0.6) is 0 Å². The van der Waals surface area contributed by atoms with Crippen molar-refractivity contribution in [2.24, 2.45) is 40.0 Å². The van der Waals surface area contributed by atoms with E-state index in [9.17, 15) is 20.1 Å². The molecule has 0 aromatic carbocycles. The second-order valence-corrected chi connectivity index (χ2v) is 12.7. The van der Waals surface area contributed by atoms with Gasteiger partial charge in [-0.25, -0.2) is 0 Å². The van der Waals surface area contributed by atoms with Gasteiger partial charge in [-0.05, 0) is 49.9 Å². The molecule has 3 N–H and O–H groups in total. The number of ether oxygens (including phenoxy) is 3. The van der Waals surface area contributed by atoms with Crippen LogP contribution in [0.4, 0.5) is 0 Å². The molecule has 38 heavy (non-hydrogen) atoms. The molecular weight excluding hydrogens is 486 g/mol. The first-order chi connectivity index (χ1) is 17.5. The molecule has 2 aliphatic heterocycles. The van der Waals surface area contributed by atoms with Gasteiger partial charge >= 0.3 is 5.97 Å². The van der Waals surface area contributed by atoms with Gasteiger partial charge in [-0.1, -0.05) is 67.5 Å². The first kappa shape index (κ1) is 32.9. The van der Waals surface area contributed by atoms with Crippen molar-refractivity contribution in [3.8, 4) is 0 Å². The average Bonchev–Trinajstić information content (AvgIpc) is 2.84. The fourth-order valence-electron chi connectivity index (χ4n) is 6.53. The highest BCUT2D eigenvalue weighted by Crippen LogP contribution is 2.42. The summed E-state index contributed by atoms with van der Waals surface area (Å²) in [5.74, 6) is -1.68. The van der Waals surface area contributed by atoms with E-state index in [1.165, 1.54) is 6.92 Å². The molecule has 8 heteroatoms. The Morgan fingerprint density at radius 3 is 2.18 bits per heavy atom. The summed E-state index contributed by atoms with van der Waals surface area (Å²) in [5.41, 5.74) is -1.30. The number of aliphatic hydroxyl groups excluding tert-OH is 2. The number of aliphatic hydroxyl groups is 3. The van der Waals surface area contributed by atoms with E-state index in [1.54, 1.807) is 13.1 Å². The van der Waals surface area contributed by atoms with E-state index in [2.05, 4.69) is 32.7 Å². The van der Waals surface area contributed by atoms with E-state index in [0.29, 0.717) is 12.8 Å². The summed E-state index contributed by atoms with van der Waals surface area (Å²) in [7, 11) is 1.71. The molecule has 8 nitrogen and oxygen atoms in total. The Balaban J connectivity index is 2.58. The lowest BCUT2D eigenvalue weighted by molar-refractivity contribution is -0.252. The standard InChI is InChI=1S/C30H53NO7/c1-12-23-30(10,35)25(33)21(7)24(31-11)16(2)15-29(8,9)26(19(5)18(4)20(6)27(34)37-23)38-28-22(32)14-13-17(3)36-28/h13-14,16-23,25-26,28,32-33,35H,12,15H2,1-11H3/b31-24+/t16-,17-,18+,19+,20-,21+,22-,23-,25-,26-,28?,30-/m1/s1. The lowest BCUT2D eigenvalue weighted by Crippen LogP contribution is -2.56. The largest absolute Gasteiger partial charge is 0.459 e. The number of carbonyl (C=O) groups is 1. The van der Waals surface area contributed by atoms with E-state index >= 15 is 0 Å². The van der Waals surface area contributed by atoms with Gasteiger partial charge in [-0.3, -0.25) is 9.79 Å². The highest BCUT2D eigenvalue weighted by molar-refractivity contribution is 5.89. The van der Waals surface area contributed by atoms with Crippen LogP contribution in [0.2, 0.25) is 0 Å². The van der Waals surface area contributed by atoms with Crippen molar-refractivity contribution in [1.82, 2.24) is 0 Å². The summed E-state index contributed by atoms with van der Waals surface area (Å²) in [5, 5.41) is 33.4. The van der Waals surface area contributed by atoms with Crippen molar-refractivity contribution in [2.45, 2.75) is 124 Å².